The highest BCUT2D eigenvalue weighted by atomic mass is 32.1. The molecule has 0 bridgehead atoms. The summed E-state index contributed by atoms with van der Waals surface area (Å²) in [5, 5.41) is 9.76. The lowest BCUT2D eigenvalue weighted by molar-refractivity contribution is 0.128. The Morgan fingerprint density at radius 1 is 1.30 bits per heavy atom. The molecule has 2 N–H and O–H groups in total. The van der Waals surface area contributed by atoms with Crippen molar-refractivity contribution in [1.29, 1.82) is 0 Å². The van der Waals surface area contributed by atoms with Gasteiger partial charge in [-0.2, -0.15) is 0 Å². The van der Waals surface area contributed by atoms with E-state index in [9.17, 15) is 0 Å². The Labute approximate surface area is 145 Å². The molecule has 1 heterocycles. The first-order valence-corrected chi connectivity index (χ1v) is 9.18. The Bertz CT molecular complexity index is 477. The highest BCUT2D eigenvalue weighted by Crippen LogP contribution is 2.23. The molecule has 23 heavy (non-hydrogen) atoms. The van der Waals surface area contributed by atoms with Crippen LogP contribution in [0.2, 0.25) is 0 Å². The van der Waals surface area contributed by atoms with Crippen LogP contribution in [0.15, 0.2) is 10.4 Å². The molecule has 1 aromatic rings. The van der Waals surface area contributed by atoms with Crippen molar-refractivity contribution >= 4 is 17.3 Å². The zero-order valence-corrected chi connectivity index (χ0v) is 16.2. The van der Waals surface area contributed by atoms with Gasteiger partial charge < -0.3 is 15.4 Å². The van der Waals surface area contributed by atoms with Gasteiger partial charge in [-0.05, 0) is 12.3 Å². The van der Waals surface area contributed by atoms with Gasteiger partial charge in [0.2, 0.25) is 0 Å². The predicted molar refractivity (Wildman–Crippen MR) is 99.3 cm³/mol. The first-order chi connectivity index (χ1) is 10.8. The van der Waals surface area contributed by atoms with Crippen LogP contribution in [0.25, 0.3) is 0 Å². The lowest BCUT2D eigenvalue weighted by Crippen LogP contribution is -2.38. The summed E-state index contributed by atoms with van der Waals surface area (Å²) in [6.45, 7) is 13.9. The van der Waals surface area contributed by atoms with Crippen molar-refractivity contribution < 1.29 is 4.74 Å². The summed E-state index contributed by atoms with van der Waals surface area (Å²) in [6.07, 6.45) is 1.10. The molecular formula is C17H32N4OS. The molecule has 0 radical (unpaired) electrons. The van der Waals surface area contributed by atoms with Gasteiger partial charge in [0.05, 0.1) is 18.8 Å². The Kier molecular flexibility index (Phi) is 8.55. The average molecular weight is 341 g/mol. The molecule has 0 aromatic carbocycles. The molecule has 1 rings (SSSR count). The molecule has 0 aliphatic rings. The standard InChI is InChI=1S/C17H32N4OS/c1-13(2)7-9-22-10-8-19-16(18-6)20-11-15-21-14(12-23-15)17(3,4)5/h12-13H,7-11H2,1-6H3,(H2,18,19,20). The quantitative estimate of drug-likeness (QED) is 0.433. The van der Waals surface area contributed by atoms with Crippen LogP contribution in [0.1, 0.15) is 51.7 Å². The number of rotatable bonds is 8. The zero-order chi connectivity index (χ0) is 17.3. The number of aliphatic imine (C=N–C) groups is 1. The van der Waals surface area contributed by atoms with Gasteiger partial charge in [0.15, 0.2) is 5.96 Å². The van der Waals surface area contributed by atoms with E-state index in [0.29, 0.717) is 19.1 Å². The van der Waals surface area contributed by atoms with Crippen molar-refractivity contribution in [2.24, 2.45) is 10.9 Å². The maximum Gasteiger partial charge on any atom is 0.191 e. The molecule has 1 aromatic heterocycles. The molecule has 0 aliphatic carbocycles. The van der Waals surface area contributed by atoms with E-state index in [-0.39, 0.29) is 5.41 Å². The fraction of sp³-hybridized carbons (Fsp3) is 0.765. The van der Waals surface area contributed by atoms with Crippen LogP contribution in [-0.4, -0.2) is 37.7 Å². The monoisotopic (exact) mass is 340 g/mol. The summed E-state index contributed by atoms with van der Waals surface area (Å²) in [5.41, 5.74) is 1.24. The molecule has 6 heteroatoms. The molecule has 0 fully saturated rings. The van der Waals surface area contributed by atoms with E-state index in [1.807, 2.05) is 0 Å². The van der Waals surface area contributed by atoms with E-state index in [2.05, 4.69) is 60.6 Å². The van der Waals surface area contributed by atoms with Gasteiger partial charge in [0, 0.05) is 31.0 Å². The second kappa shape index (κ2) is 9.88. The van der Waals surface area contributed by atoms with Gasteiger partial charge >= 0.3 is 0 Å². The molecule has 0 spiro atoms. The Balaban J connectivity index is 2.25. The minimum Gasteiger partial charge on any atom is -0.380 e. The van der Waals surface area contributed by atoms with Gasteiger partial charge in [0.25, 0.3) is 0 Å². The molecule has 0 aliphatic heterocycles. The highest BCUT2D eigenvalue weighted by molar-refractivity contribution is 7.09. The van der Waals surface area contributed by atoms with Crippen LogP contribution >= 0.6 is 11.3 Å². The van der Waals surface area contributed by atoms with Gasteiger partial charge in [-0.15, -0.1) is 11.3 Å². The van der Waals surface area contributed by atoms with E-state index in [1.165, 1.54) is 0 Å². The lowest BCUT2D eigenvalue weighted by Gasteiger charge is -2.14. The second-order valence-corrected chi connectivity index (χ2v) is 7.97. The van der Waals surface area contributed by atoms with Gasteiger partial charge in [-0.25, -0.2) is 4.98 Å². The van der Waals surface area contributed by atoms with Crippen molar-refractivity contribution in [1.82, 2.24) is 15.6 Å². The SMILES string of the molecule is CN=C(NCCOCCC(C)C)NCc1nc(C(C)(C)C)cs1. The lowest BCUT2D eigenvalue weighted by atomic mass is 9.93. The molecule has 0 atom stereocenters. The average Bonchev–Trinajstić information content (AvgIpc) is 2.94. The van der Waals surface area contributed by atoms with Crippen LogP contribution in [-0.2, 0) is 16.7 Å². The smallest absolute Gasteiger partial charge is 0.191 e. The Morgan fingerprint density at radius 2 is 2.04 bits per heavy atom. The first kappa shape index (κ1) is 19.9. The van der Waals surface area contributed by atoms with Crippen molar-refractivity contribution in [3.05, 3.63) is 16.1 Å². The third-order valence-electron chi connectivity index (χ3n) is 3.33. The maximum atomic E-state index is 5.59. The summed E-state index contributed by atoms with van der Waals surface area (Å²) >= 11 is 1.69. The van der Waals surface area contributed by atoms with Crippen LogP contribution in [0.4, 0.5) is 0 Å². The topological polar surface area (TPSA) is 58.5 Å². The van der Waals surface area contributed by atoms with Crippen LogP contribution in [0.3, 0.4) is 0 Å². The van der Waals surface area contributed by atoms with Gasteiger partial charge in [-0.3, -0.25) is 4.99 Å². The minimum absolute atomic E-state index is 0.0992. The first-order valence-electron chi connectivity index (χ1n) is 8.30. The van der Waals surface area contributed by atoms with Crippen molar-refractivity contribution in [2.45, 2.75) is 53.0 Å². The molecule has 0 saturated carbocycles. The largest absolute Gasteiger partial charge is 0.380 e. The number of nitrogens with one attached hydrogen (secondary N) is 2. The number of thiazole rings is 1. The van der Waals surface area contributed by atoms with Crippen LogP contribution in [0, 0.1) is 5.92 Å². The van der Waals surface area contributed by atoms with Crippen molar-refractivity contribution in [3.8, 4) is 0 Å². The molecule has 0 amide bonds. The van der Waals surface area contributed by atoms with Crippen LogP contribution < -0.4 is 10.6 Å². The predicted octanol–water partition coefficient (Wildman–Crippen LogP) is 3.17. The van der Waals surface area contributed by atoms with E-state index in [0.717, 1.165) is 36.2 Å². The van der Waals surface area contributed by atoms with Crippen LogP contribution in [0.5, 0.6) is 0 Å². The Hall–Kier alpha value is -1.14. The zero-order valence-electron chi connectivity index (χ0n) is 15.4. The third kappa shape index (κ3) is 8.32. The Morgan fingerprint density at radius 3 is 2.61 bits per heavy atom. The second-order valence-electron chi connectivity index (χ2n) is 7.02. The summed E-state index contributed by atoms with van der Waals surface area (Å²) in [7, 11) is 1.78. The normalized spacial score (nSPS) is 12.7. The number of hydrogen-bond donors (Lipinski definition) is 2. The maximum absolute atomic E-state index is 5.59. The molecule has 0 unspecified atom stereocenters. The summed E-state index contributed by atoms with van der Waals surface area (Å²) in [5.74, 6) is 1.47. The van der Waals surface area contributed by atoms with E-state index in [4.69, 9.17) is 4.74 Å². The number of guanidine groups is 1. The molecule has 5 nitrogen and oxygen atoms in total. The van der Waals surface area contributed by atoms with Gasteiger partial charge in [-0.1, -0.05) is 34.6 Å². The van der Waals surface area contributed by atoms with E-state index >= 15 is 0 Å². The molecular weight excluding hydrogens is 308 g/mol. The number of aromatic nitrogens is 1. The summed E-state index contributed by atoms with van der Waals surface area (Å²) in [6, 6.07) is 0. The fourth-order valence-electron chi connectivity index (χ4n) is 1.78. The number of hydrogen-bond acceptors (Lipinski definition) is 4. The number of ether oxygens (including phenoxy) is 1. The fourth-order valence-corrected chi connectivity index (χ4v) is 2.74. The van der Waals surface area contributed by atoms with Crippen molar-refractivity contribution in [2.75, 3.05) is 26.8 Å². The molecule has 0 saturated heterocycles. The summed E-state index contributed by atoms with van der Waals surface area (Å²) < 4.78 is 5.59. The van der Waals surface area contributed by atoms with E-state index in [1.54, 1.807) is 18.4 Å². The van der Waals surface area contributed by atoms with E-state index < -0.39 is 0 Å². The highest BCUT2D eigenvalue weighted by Gasteiger charge is 2.17. The van der Waals surface area contributed by atoms with Gasteiger partial charge in [0.1, 0.15) is 5.01 Å². The minimum atomic E-state index is 0.0992. The van der Waals surface area contributed by atoms with Crippen molar-refractivity contribution in [3.63, 3.8) is 0 Å². The summed E-state index contributed by atoms with van der Waals surface area (Å²) in [4.78, 5) is 8.89. The molecule has 132 valence electrons. The third-order valence-corrected chi connectivity index (χ3v) is 4.18. The number of nitrogens with zero attached hydrogens (tertiary/aromatic N) is 2.